The van der Waals surface area contributed by atoms with Crippen LogP contribution < -0.4 is 9.47 Å². The van der Waals surface area contributed by atoms with Crippen LogP contribution in [0.1, 0.15) is 29.3 Å². The van der Waals surface area contributed by atoms with Gasteiger partial charge in [0.25, 0.3) is 5.89 Å². The molecular formula is C19H17N3O7. The molecule has 0 N–H and O–H groups in total. The summed E-state index contributed by atoms with van der Waals surface area (Å²) in [4.78, 5) is 22.8. The van der Waals surface area contributed by atoms with Crippen molar-refractivity contribution in [3.63, 3.8) is 0 Å². The largest absolute Gasteiger partial charge is 0.497 e. The zero-order valence-electron chi connectivity index (χ0n) is 15.8. The molecule has 0 radical (unpaired) electrons. The molecule has 0 unspecified atom stereocenters. The average Bonchev–Trinajstić information content (AvgIpc) is 3.23. The third-order valence-corrected chi connectivity index (χ3v) is 4.02. The highest BCUT2D eigenvalue weighted by atomic mass is 16.6. The monoisotopic (exact) mass is 399 g/mol. The highest BCUT2D eigenvalue weighted by molar-refractivity contribution is 5.90. The van der Waals surface area contributed by atoms with Crippen LogP contribution in [0, 0.1) is 10.1 Å². The first-order chi connectivity index (χ1) is 13.9. The lowest BCUT2D eigenvalue weighted by Crippen LogP contribution is -2.10. The van der Waals surface area contributed by atoms with E-state index in [-0.39, 0.29) is 28.8 Å². The molecule has 2 aromatic carbocycles. The molecule has 0 bridgehead atoms. The number of benzene rings is 2. The van der Waals surface area contributed by atoms with Gasteiger partial charge in [-0.05, 0) is 43.3 Å². The van der Waals surface area contributed by atoms with Gasteiger partial charge in [0.2, 0.25) is 5.89 Å². The molecule has 0 aliphatic rings. The Morgan fingerprint density at radius 3 is 2.45 bits per heavy atom. The van der Waals surface area contributed by atoms with Gasteiger partial charge in [-0.15, -0.1) is 10.2 Å². The maximum Gasteiger partial charge on any atom is 0.339 e. The van der Waals surface area contributed by atoms with Crippen molar-refractivity contribution in [3.05, 3.63) is 64.0 Å². The van der Waals surface area contributed by atoms with Gasteiger partial charge in [-0.3, -0.25) is 10.1 Å². The second-order valence-corrected chi connectivity index (χ2v) is 5.87. The van der Waals surface area contributed by atoms with Crippen LogP contribution >= 0.6 is 0 Å². The second kappa shape index (κ2) is 8.38. The van der Waals surface area contributed by atoms with Crippen molar-refractivity contribution in [2.45, 2.75) is 13.0 Å². The van der Waals surface area contributed by atoms with Gasteiger partial charge in [0.1, 0.15) is 5.75 Å². The van der Waals surface area contributed by atoms with E-state index in [1.165, 1.54) is 19.2 Å². The molecule has 0 spiro atoms. The van der Waals surface area contributed by atoms with Crippen LogP contribution in [0.5, 0.6) is 11.5 Å². The Bertz CT molecular complexity index is 1030. The number of methoxy groups -OCH3 is 2. The van der Waals surface area contributed by atoms with Crippen LogP contribution in [-0.4, -0.2) is 35.3 Å². The molecule has 1 heterocycles. The number of esters is 1. The number of aromatic nitrogens is 2. The minimum atomic E-state index is -0.858. The standard InChI is InChI=1S/C19H17N3O7/c1-11(17-20-21-18(29-17)12-4-7-14(26-2)8-5-12)28-19(23)13-6-9-16(27-3)15(10-13)22(24)25/h4-11H,1-3H3/t11-/m1/s1. The number of rotatable bonds is 7. The number of nitro benzene ring substituents is 1. The molecular weight excluding hydrogens is 382 g/mol. The van der Waals surface area contributed by atoms with E-state index in [0.717, 1.165) is 6.07 Å². The Labute approximate surface area is 165 Å². The molecule has 1 aromatic heterocycles. The molecule has 0 fully saturated rings. The lowest BCUT2D eigenvalue weighted by molar-refractivity contribution is -0.385. The van der Waals surface area contributed by atoms with Gasteiger partial charge >= 0.3 is 11.7 Å². The predicted octanol–water partition coefficient (Wildman–Crippen LogP) is 3.58. The summed E-state index contributed by atoms with van der Waals surface area (Å²) in [6.45, 7) is 1.56. The molecule has 10 nitrogen and oxygen atoms in total. The van der Waals surface area contributed by atoms with Gasteiger partial charge < -0.3 is 18.6 Å². The van der Waals surface area contributed by atoms with Crippen LogP contribution in [0.15, 0.2) is 46.9 Å². The van der Waals surface area contributed by atoms with Crippen molar-refractivity contribution in [1.29, 1.82) is 0 Å². The number of hydrogen-bond acceptors (Lipinski definition) is 9. The molecule has 3 rings (SSSR count). The second-order valence-electron chi connectivity index (χ2n) is 5.87. The number of nitrogens with zero attached hydrogens (tertiary/aromatic N) is 3. The molecule has 0 saturated carbocycles. The Balaban J connectivity index is 1.74. The fourth-order valence-electron chi connectivity index (χ4n) is 2.49. The van der Waals surface area contributed by atoms with Gasteiger partial charge in [-0.1, -0.05) is 0 Å². The number of hydrogen-bond donors (Lipinski definition) is 0. The SMILES string of the molecule is COc1ccc(-c2nnc([C@@H](C)OC(=O)c3ccc(OC)c([N+](=O)[O-])c3)o2)cc1. The van der Waals surface area contributed by atoms with Gasteiger partial charge in [0.05, 0.1) is 24.7 Å². The van der Waals surface area contributed by atoms with Crippen LogP contribution in [0.4, 0.5) is 5.69 Å². The fourth-order valence-corrected chi connectivity index (χ4v) is 2.49. The van der Waals surface area contributed by atoms with Gasteiger partial charge in [0.15, 0.2) is 11.9 Å². The highest BCUT2D eigenvalue weighted by Crippen LogP contribution is 2.29. The lowest BCUT2D eigenvalue weighted by atomic mass is 10.2. The summed E-state index contributed by atoms with van der Waals surface area (Å²) >= 11 is 0. The summed E-state index contributed by atoms with van der Waals surface area (Å²) in [7, 11) is 2.87. The molecule has 1 atom stereocenters. The minimum absolute atomic E-state index is 0.000701. The predicted molar refractivity (Wildman–Crippen MR) is 99.8 cm³/mol. The van der Waals surface area contributed by atoms with E-state index >= 15 is 0 Å². The van der Waals surface area contributed by atoms with Gasteiger partial charge in [-0.25, -0.2) is 4.79 Å². The highest BCUT2D eigenvalue weighted by Gasteiger charge is 2.23. The zero-order chi connectivity index (χ0) is 21.0. The Morgan fingerprint density at radius 1 is 1.10 bits per heavy atom. The Hall–Kier alpha value is -3.95. The molecule has 3 aromatic rings. The molecule has 29 heavy (non-hydrogen) atoms. The Morgan fingerprint density at radius 2 is 1.83 bits per heavy atom. The molecule has 0 aliphatic carbocycles. The summed E-state index contributed by atoms with van der Waals surface area (Å²) in [5.74, 6) is 0.301. The quantitative estimate of drug-likeness (QED) is 0.333. The van der Waals surface area contributed by atoms with E-state index in [4.69, 9.17) is 18.6 Å². The molecule has 150 valence electrons. The molecule has 0 aliphatic heterocycles. The third-order valence-electron chi connectivity index (χ3n) is 4.02. The van der Waals surface area contributed by atoms with E-state index in [1.54, 1.807) is 38.3 Å². The molecule has 0 saturated heterocycles. The summed E-state index contributed by atoms with van der Waals surface area (Å²) < 4.78 is 20.9. The number of carbonyl (C=O) groups is 1. The topological polar surface area (TPSA) is 127 Å². The Kier molecular flexibility index (Phi) is 5.72. The van der Waals surface area contributed by atoms with Gasteiger partial charge in [-0.2, -0.15) is 0 Å². The van der Waals surface area contributed by atoms with Crippen molar-refractivity contribution < 1.29 is 28.3 Å². The number of carbonyl (C=O) groups excluding carboxylic acids is 1. The van der Waals surface area contributed by atoms with E-state index < -0.39 is 17.0 Å². The van der Waals surface area contributed by atoms with E-state index in [2.05, 4.69) is 10.2 Å². The lowest BCUT2D eigenvalue weighted by Gasteiger charge is -2.10. The summed E-state index contributed by atoms with van der Waals surface area (Å²) in [6, 6.07) is 10.8. The summed E-state index contributed by atoms with van der Waals surface area (Å²) in [5.41, 5.74) is 0.335. The summed E-state index contributed by atoms with van der Waals surface area (Å²) in [5, 5.41) is 19.0. The van der Waals surface area contributed by atoms with E-state index in [1.807, 2.05) is 0 Å². The minimum Gasteiger partial charge on any atom is -0.497 e. The normalized spacial score (nSPS) is 11.6. The van der Waals surface area contributed by atoms with Crippen LogP contribution in [0.25, 0.3) is 11.5 Å². The molecule has 0 amide bonds. The first-order valence-corrected chi connectivity index (χ1v) is 8.44. The number of ether oxygens (including phenoxy) is 3. The van der Waals surface area contributed by atoms with E-state index in [0.29, 0.717) is 11.3 Å². The fraction of sp³-hybridized carbons (Fsp3) is 0.211. The van der Waals surface area contributed by atoms with Crippen molar-refractivity contribution in [2.24, 2.45) is 0 Å². The first-order valence-electron chi connectivity index (χ1n) is 8.44. The maximum absolute atomic E-state index is 12.4. The third kappa shape index (κ3) is 4.32. The maximum atomic E-state index is 12.4. The zero-order valence-corrected chi connectivity index (χ0v) is 15.8. The average molecular weight is 399 g/mol. The van der Waals surface area contributed by atoms with Crippen LogP contribution in [0.2, 0.25) is 0 Å². The van der Waals surface area contributed by atoms with Crippen LogP contribution in [-0.2, 0) is 4.74 Å². The summed E-state index contributed by atoms with van der Waals surface area (Å²) in [6.07, 6.45) is -0.858. The van der Waals surface area contributed by atoms with Crippen molar-refractivity contribution in [1.82, 2.24) is 10.2 Å². The first kappa shape index (κ1) is 19.8. The van der Waals surface area contributed by atoms with E-state index in [9.17, 15) is 14.9 Å². The smallest absolute Gasteiger partial charge is 0.339 e. The molecule has 10 heteroatoms. The van der Waals surface area contributed by atoms with Crippen molar-refractivity contribution >= 4 is 11.7 Å². The van der Waals surface area contributed by atoms with Crippen molar-refractivity contribution in [2.75, 3.05) is 14.2 Å². The van der Waals surface area contributed by atoms with Crippen molar-refractivity contribution in [3.8, 4) is 23.0 Å². The number of nitro groups is 1. The van der Waals surface area contributed by atoms with Crippen LogP contribution in [0.3, 0.4) is 0 Å². The van der Waals surface area contributed by atoms with Gasteiger partial charge in [0, 0.05) is 11.6 Å².